The van der Waals surface area contributed by atoms with Gasteiger partial charge < -0.3 is 15.9 Å². The molecule has 0 aromatic heterocycles. The molecular weight excluding hydrogens is 256 g/mol. The average Bonchev–Trinajstić information content (AvgIpc) is 2.10. The predicted octanol–water partition coefficient (Wildman–Crippen LogP) is -0.0503. The fourth-order valence-electron chi connectivity index (χ4n) is 1.15. The zero-order valence-corrected chi connectivity index (χ0v) is 9.66. The first kappa shape index (κ1) is 13.0. The molecule has 1 aromatic rings. The largest absolute Gasteiger partial charge is 0.504 e. The summed E-state index contributed by atoms with van der Waals surface area (Å²) in [6.45, 7) is 0. The molecule has 0 saturated carbocycles. The third-order valence-corrected chi connectivity index (χ3v) is 2.96. The molecule has 6 nitrogen and oxygen atoms in total. The Hall–Kier alpha value is -1.02. The minimum Gasteiger partial charge on any atom is -0.504 e. The van der Waals surface area contributed by atoms with Crippen molar-refractivity contribution >= 4 is 27.3 Å². The van der Waals surface area contributed by atoms with Gasteiger partial charge >= 0.3 is 0 Å². The fourth-order valence-corrected chi connectivity index (χ4v) is 2.02. The van der Waals surface area contributed by atoms with Crippen molar-refractivity contribution in [1.29, 1.82) is 0 Å². The molecule has 0 aliphatic rings. The number of phenols is 1. The molecule has 1 unspecified atom stereocenters. The maximum atomic E-state index is 10.8. The number of aromatic hydroxyl groups is 1. The number of benzene rings is 1. The van der Waals surface area contributed by atoms with Gasteiger partial charge in [0.15, 0.2) is 5.75 Å². The first-order valence-electron chi connectivity index (χ1n) is 4.17. The first-order chi connectivity index (χ1) is 7.20. The summed E-state index contributed by atoms with van der Waals surface area (Å²) in [5, 5.41) is 23.5. The van der Waals surface area contributed by atoms with E-state index in [1.54, 1.807) is 0 Å². The molecule has 0 heterocycles. The summed E-state index contributed by atoms with van der Waals surface area (Å²) in [6.07, 6.45) is -1.34. The number of nitrogens with two attached hydrogens (primary N) is 2. The Labute approximate surface area is 97.5 Å². The van der Waals surface area contributed by atoms with Crippen molar-refractivity contribution in [3.63, 3.8) is 0 Å². The Morgan fingerprint density at radius 3 is 2.44 bits per heavy atom. The molecule has 0 radical (unpaired) electrons. The van der Waals surface area contributed by atoms with Crippen LogP contribution in [0, 0.1) is 0 Å². The van der Waals surface area contributed by atoms with E-state index >= 15 is 0 Å². The van der Waals surface area contributed by atoms with Crippen LogP contribution in [0.4, 0.5) is 5.69 Å². The molecular formula is C8H11ClN2O4S. The lowest BCUT2D eigenvalue weighted by Gasteiger charge is -2.11. The molecule has 1 atom stereocenters. The Morgan fingerprint density at radius 1 is 1.44 bits per heavy atom. The van der Waals surface area contributed by atoms with E-state index in [0.29, 0.717) is 0 Å². The monoisotopic (exact) mass is 266 g/mol. The van der Waals surface area contributed by atoms with E-state index in [1.807, 2.05) is 0 Å². The Morgan fingerprint density at radius 2 is 2.00 bits per heavy atom. The number of hydrogen-bond acceptors (Lipinski definition) is 5. The van der Waals surface area contributed by atoms with Crippen LogP contribution in [0.1, 0.15) is 11.7 Å². The standard InChI is InChI=1S/C8H11ClN2O4S/c9-5-1-4(2-6(10)8(5)13)7(12)3-16(11,14)15/h1-2,7,12-13H,3,10H2,(H2,11,14,15). The summed E-state index contributed by atoms with van der Waals surface area (Å²) in [5.41, 5.74) is 5.53. The van der Waals surface area contributed by atoms with Crippen molar-refractivity contribution in [3.8, 4) is 5.75 Å². The summed E-state index contributed by atoms with van der Waals surface area (Å²) < 4.78 is 21.5. The molecule has 16 heavy (non-hydrogen) atoms. The quantitative estimate of drug-likeness (QED) is 0.451. The Bertz CT molecular complexity index is 480. The lowest BCUT2D eigenvalue weighted by molar-refractivity contribution is 0.201. The van der Waals surface area contributed by atoms with Gasteiger partial charge in [-0.05, 0) is 17.7 Å². The molecule has 6 N–H and O–H groups in total. The summed E-state index contributed by atoms with van der Waals surface area (Å²) in [6, 6.07) is 2.46. The van der Waals surface area contributed by atoms with Crippen LogP contribution < -0.4 is 10.9 Å². The molecule has 0 spiro atoms. The predicted molar refractivity (Wildman–Crippen MR) is 60.5 cm³/mol. The van der Waals surface area contributed by atoms with Crippen LogP contribution in [0.5, 0.6) is 5.75 Å². The van der Waals surface area contributed by atoms with Gasteiger partial charge in [-0.25, -0.2) is 13.6 Å². The van der Waals surface area contributed by atoms with Crippen molar-refractivity contribution in [2.24, 2.45) is 5.14 Å². The minimum atomic E-state index is -3.80. The lowest BCUT2D eigenvalue weighted by Crippen LogP contribution is -2.21. The molecule has 0 bridgehead atoms. The lowest BCUT2D eigenvalue weighted by atomic mass is 10.1. The zero-order valence-electron chi connectivity index (χ0n) is 8.09. The zero-order chi connectivity index (χ0) is 12.5. The maximum absolute atomic E-state index is 10.8. The van der Waals surface area contributed by atoms with E-state index in [0.717, 1.165) is 0 Å². The van der Waals surface area contributed by atoms with Crippen molar-refractivity contribution in [1.82, 2.24) is 0 Å². The van der Waals surface area contributed by atoms with E-state index in [4.69, 9.17) is 22.5 Å². The van der Waals surface area contributed by atoms with Gasteiger partial charge in [-0.2, -0.15) is 0 Å². The second kappa shape index (κ2) is 4.46. The van der Waals surface area contributed by atoms with Crippen molar-refractivity contribution in [2.45, 2.75) is 6.10 Å². The van der Waals surface area contributed by atoms with Gasteiger partial charge in [0.25, 0.3) is 0 Å². The average molecular weight is 267 g/mol. The normalized spacial score (nSPS) is 13.7. The molecule has 90 valence electrons. The van der Waals surface area contributed by atoms with Gasteiger partial charge in [-0.3, -0.25) is 0 Å². The van der Waals surface area contributed by atoms with Crippen LogP contribution in [-0.2, 0) is 10.0 Å². The topological polar surface area (TPSA) is 127 Å². The van der Waals surface area contributed by atoms with E-state index in [2.05, 4.69) is 0 Å². The Kier molecular flexibility index (Phi) is 3.64. The highest BCUT2D eigenvalue weighted by Gasteiger charge is 2.17. The minimum absolute atomic E-state index is 0.0454. The number of aliphatic hydroxyl groups is 1. The number of rotatable bonds is 3. The second-order valence-corrected chi connectivity index (χ2v) is 5.35. The van der Waals surface area contributed by atoms with Gasteiger partial charge in [0, 0.05) is 0 Å². The highest BCUT2D eigenvalue weighted by molar-refractivity contribution is 7.89. The summed E-state index contributed by atoms with van der Waals surface area (Å²) in [7, 11) is -3.80. The second-order valence-electron chi connectivity index (χ2n) is 3.29. The Balaban J connectivity index is 3.06. The van der Waals surface area contributed by atoms with Crippen LogP contribution in [0.2, 0.25) is 5.02 Å². The molecule has 1 rings (SSSR count). The molecule has 0 amide bonds. The number of primary sulfonamides is 1. The third-order valence-electron chi connectivity index (χ3n) is 1.89. The number of nitrogen functional groups attached to an aromatic ring is 1. The van der Waals surface area contributed by atoms with Gasteiger partial charge in [0.1, 0.15) is 0 Å². The van der Waals surface area contributed by atoms with Crippen molar-refractivity contribution in [2.75, 3.05) is 11.5 Å². The van der Waals surface area contributed by atoms with Gasteiger partial charge in [0.2, 0.25) is 10.0 Å². The maximum Gasteiger partial charge on any atom is 0.211 e. The number of aliphatic hydroxyl groups excluding tert-OH is 1. The van der Waals surface area contributed by atoms with E-state index in [-0.39, 0.29) is 22.0 Å². The molecule has 0 aliphatic heterocycles. The summed E-state index contributed by atoms with van der Waals surface area (Å²) in [5.74, 6) is -0.957. The highest BCUT2D eigenvalue weighted by atomic mass is 35.5. The molecule has 0 aliphatic carbocycles. The fraction of sp³-hybridized carbons (Fsp3) is 0.250. The van der Waals surface area contributed by atoms with Crippen LogP contribution >= 0.6 is 11.6 Å². The van der Waals surface area contributed by atoms with E-state index < -0.39 is 21.9 Å². The van der Waals surface area contributed by atoms with Crippen LogP contribution in [0.25, 0.3) is 0 Å². The smallest absolute Gasteiger partial charge is 0.211 e. The number of halogens is 1. The van der Waals surface area contributed by atoms with Crippen molar-refractivity contribution in [3.05, 3.63) is 22.7 Å². The molecule has 0 saturated heterocycles. The van der Waals surface area contributed by atoms with Crippen LogP contribution in [0.3, 0.4) is 0 Å². The van der Waals surface area contributed by atoms with Gasteiger partial charge in [0.05, 0.1) is 22.6 Å². The van der Waals surface area contributed by atoms with Crippen LogP contribution in [-0.4, -0.2) is 24.4 Å². The first-order valence-corrected chi connectivity index (χ1v) is 6.26. The van der Waals surface area contributed by atoms with E-state index in [9.17, 15) is 18.6 Å². The summed E-state index contributed by atoms with van der Waals surface area (Å²) in [4.78, 5) is 0. The van der Waals surface area contributed by atoms with Crippen molar-refractivity contribution < 1.29 is 18.6 Å². The number of hydrogen-bond donors (Lipinski definition) is 4. The SMILES string of the molecule is Nc1cc(C(O)CS(N)(=O)=O)cc(Cl)c1O. The van der Waals surface area contributed by atoms with Crippen LogP contribution in [0.15, 0.2) is 12.1 Å². The number of sulfonamides is 1. The molecule has 1 aromatic carbocycles. The van der Waals surface area contributed by atoms with Gasteiger partial charge in [-0.15, -0.1) is 0 Å². The highest BCUT2D eigenvalue weighted by Crippen LogP contribution is 2.33. The van der Waals surface area contributed by atoms with E-state index in [1.165, 1.54) is 12.1 Å². The molecule has 0 fully saturated rings. The van der Waals surface area contributed by atoms with Gasteiger partial charge in [-0.1, -0.05) is 11.6 Å². The third kappa shape index (κ3) is 3.24. The number of phenolic OH excluding ortho intramolecular Hbond substituents is 1. The number of anilines is 1. The molecule has 8 heteroatoms. The summed E-state index contributed by atoms with van der Waals surface area (Å²) >= 11 is 5.61.